The quantitative estimate of drug-likeness (QED) is 0.161. The van der Waals surface area contributed by atoms with Crippen molar-refractivity contribution >= 4 is 17.1 Å². The third-order valence-corrected chi connectivity index (χ3v) is 15.1. The first kappa shape index (κ1) is 38.5. The van der Waals surface area contributed by atoms with Gasteiger partial charge in [-0.15, -0.1) is 0 Å². The van der Waals surface area contributed by atoms with Gasteiger partial charge in [0.15, 0.2) is 0 Å². The van der Waals surface area contributed by atoms with E-state index in [0.717, 1.165) is 17.1 Å². The maximum Gasteiger partial charge on any atom is 0.0465 e. The van der Waals surface area contributed by atoms with Crippen molar-refractivity contribution in [1.82, 2.24) is 0 Å². The van der Waals surface area contributed by atoms with Gasteiger partial charge in [-0.25, -0.2) is 0 Å². The third-order valence-electron chi connectivity index (χ3n) is 15.1. The number of rotatable bonds is 6. The number of nitrogens with zero attached hydrogens (tertiary/aromatic N) is 1. The van der Waals surface area contributed by atoms with Crippen LogP contribution in [0, 0.1) is 0 Å². The van der Waals surface area contributed by atoms with Crippen LogP contribution in [0.4, 0.5) is 17.1 Å². The molecule has 12 rings (SSSR count). The minimum Gasteiger partial charge on any atom is -0.310 e. The van der Waals surface area contributed by atoms with E-state index in [1.807, 2.05) is 0 Å². The summed E-state index contributed by atoms with van der Waals surface area (Å²) in [6.45, 7) is 14.3. The summed E-state index contributed by atoms with van der Waals surface area (Å²) < 4.78 is 0. The van der Waals surface area contributed by atoms with Crippen molar-refractivity contribution in [3.05, 3.63) is 234 Å². The molecule has 0 saturated carbocycles. The molecule has 9 aromatic carbocycles. The first-order chi connectivity index (χ1) is 31.0. The number of benzene rings is 9. The maximum atomic E-state index is 2.43. The van der Waals surface area contributed by atoms with Crippen molar-refractivity contribution in [3.63, 3.8) is 0 Å². The lowest BCUT2D eigenvalue weighted by atomic mass is 9.77. The largest absolute Gasteiger partial charge is 0.310 e. The van der Waals surface area contributed by atoms with E-state index >= 15 is 0 Å². The summed E-state index contributed by atoms with van der Waals surface area (Å²) in [6, 6.07) is 75.0. The Morgan fingerprint density at radius 3 is 1.36 bits per heavy atom. The average Bonchev–Trinajstić information content (AvgIpc) is 3.82. The van der Waals surface area contributed by atoms with Gasteiger partial charge >= 0.3 is 0 Å². The van der Waals surface area contributed by atoms with Crippen LogP contribution in [0.2, 0.25) is 0 Å². The lowest BCUT2D eigenvalue weighted by Gasteiger charge is -2.29. The molecule has 0 spiro atoms. The van der Waals surface area contributed by atoms with Gasteiger partial charge in [-0.1, -0.05) is 205 Å². The van der Waals surface area contributed by atoms with Gasteiger partial charge in [0.25, 0.3) is 0 Å². The summed E-state index contributed by atoms with van der Waals surface area (Å²) >= 11 is 0. The van der Waals surface area contributed by atoms with Gasteiger partial charge in [0.05, 0.1) is 0 Å². The van der Waals surface area contributed by atoms with Gasteiger partial charge < -0.3 is 4.90 Å². The van der Waals surface area contributed by atoms with Crippen molar-refractivity contribution in [2.75, 3.05) is 4.90 Å². The number of anilines is 3. The summed E-state index contributed by atoms with van der Waals surface area (Å²) in [6.07, 6.45) is 0. The Labute approximate surface area is 378 Å². The second kappa shape index (κ2) is 13.9. The Balaban J connectivity index is 1.01. The first-order valence-electron chi connectivity index (χ1n) is 22.8. The van der Waals surface area contributed by atoms with Crippen LogP contribution >= 0.6 is 0 Å². The fourth-order valence-corrected chi connectivity index (χ4v) is 11.9. The molecular formula is C63H51N. The standard InChI is InChI=1S/C63H51N/c1-61(2)54-24-14-11-20-51(54)58-49(22-16-26-56(58)61)50-38-37-46(60-59(50)52-21-12-15-25-55(52)63(60,5)6)42-29-33-44(34-30-42)64(43-31-27-41(28-32-43)40-17-8-7-9-18-40)45-35-36-48-47-19-10-13-23-53(47)62(3,4)57(48)39-45/h7-39H,1-6H3. The molecule has 308 valence electrons. The molecule has 0 bridgehead atoms. The Morgan fingerprint density at radius 2 is 0.688 bits per heavy atom. The highest BCUT2D eigenvalue weighted by Crippen LogP contribution is 2.59. The van der Waals surface area contributed by atoms with Crippen LogP contribution in [0.25, 0.3) is 66.8 Å². The second-order valence-corrected chi connectivity index (χ2v) is 19.7. The zero-order valence-corrected chi connectivity index (χ0v) is 37.5. The lowest BCUT2D eigenvalue weighted by Crippen LogP contribution is -2.17. The molecule has 3 aliphatic rings. The molecule has 0 radical (unpaired) electrons. The highest BCUT2D eigenvalue weighted by Gasteiger charge is 2.42. The van der Waals surface area contributed by atoms with Gasteiger partial charge in [-0.2, -0.15) is 0 Å². The molecule has 0 fully saturated rings. The normalized spacial score (nSPS) is 15.1. The predicted octanol–water partition coefficient (Wildman–Crippen LogP) is 17.1. The molecule has 0 unspecified atom stereocenters. The van der Waals surface area contributed by atoms with Crippen LogP contribution in [0.1, 0.15) is 74.9 Å². The molecule has 0 aromatic heterocycles. The molecule has 0 amide bonds. The minimum atomic E-state index is -0.202. The Bertz CT molecular complexity index is 3330. The van der Waals surface area contributed by atoms with E-state index < -0.39 is 0 Å². The van der Waals surface area contributed by atoms with Crippen molar-refractivity contribution in [2.24, 2.45) is 0 Å². The highest BCUT2D eigenvalue weighted by atomic mass is 15.1. The molecule has 1 heteroatoms. The highest BCUT2D eigenvalue weighted by molar-refractivity contribution is 6.02. The topological polar surface area (TPSA) is 3.24 Å². The molecule has 3 aliphatic carbocycles. The van der Waals surface area contributed by atoms with Gasteiger partial charge in [-0.05, 0) is 137 Å². The molecule has 0 aliphatic heterocycles. The van der Waals surface area contributed by atoms with Gasteiger partial charge in [0, 0.05) is 33.3 Å². The Morgan fingerprint density at radius 1 is 0.266 bits per heavy atom. The number of hydrogen-bond acceptors (Lipinski definition) is 1. The van der Waals surface area contributed by atoms with Crippen LogP contribution in [-0.4, -0.2) is 0 Å². The minimum absolute atomic E-state index is 0.0667. The first-order valence-corrected chi connectivity index (χ1v) is 22.8. The zero-order chi connectivity index (χ0) is 43.5. The summed E-state index contributed by atoms with van der Waals surface area (Å²) in [5.41, 5.74) is 27.0. The molecule has 64 heavy (non-hydrogen) atoms. The smallest absolute Gasteiger partial charge is 0.0465 e. The van der Waals surface area contributed by atoms with E-state index in [0.29, 0.717) is 0 Å². The summed E-state index contributed by atoms with van der Waals surface area (Å²) in [5.74, 6) is 0. The number of hydrogen-bond donors (Lipinski definition) is 0. The van der Waals surface area contributed by atoms with Gasteiger partial charge in [0.2, 0.25) is 0 Å². The molecule has 0 atom stereocenters. The van der Waals surface area contributed by atoms with E-state index in [2.05, 4.69) is 247 Å². The van der Waals surface area contributed by atoms with Crippen molar-refractivity contribution in [1.29, 1.82) is 0 Å². The average molecular weight is 822 g/mol. The van der Waals surface area contributed by atoms with Crippen LogP contribution in [0.5, 0.6) is 0 Å². The Hall–Kier alpha value is -7.22. The van der Waals surface area contributed by atoms with E-state index in [-0.39, 0.29) is 16.2 Å². The summed E-state index contributed by atoms with van der Waals surface area (Å²) in [7, 11) is 0. The van der Waals surface area contributed by atoms with Crippen molar-refractivity contribution < 1.29 is 0 Å². The molecule has 0 saturated heterocycles. The Kier molecular flexibility index (Phi) is 8.35. The predicted molar refractivity (Wildman–Crippen MR) is 270 cm³/mol. The van der Waals surface area contributed by atoms with Crippen LogP contribution < -0.4 is 4.90 Å². The number of fused-ring (bicyclic) bond motifs is 9. The van der Waals surface area contributed by atoms with E-state index in [1.54, 1.807) is 0 Å². The molecule has 0 heterocycles. The lowest BCUT2D eigenvalue weighted by molar-refractivity contribution is 0.660. The molecule has 9 aromatic rings. The second-order valence-electron chi connectivity index (χ2n) is 19.7. The molecular weight excluding hydrogens is 771 g/mol. The summed E-state index contributed by atoms with van der Waals surface area (Å²) in [4.78, 5) is 2.43. The summed E-state index contributed by atoms with van der Waals surface area (Å²) in [5, 5.41) is 0. The van der Waals surface area contributed by atoms with Crippen molar-refractivity contribution in [3.8, 4) is 66.8 Å². The van der Waals surface area contributed by atoms with Crippen LogP contribution in [-0.2, 0) is 16.2 Å². The van der Waals surface area contributed by atoms with Gasteiger partial charge in [-0.3, -0.25) is 0 Å². The fourth-order valence-electron chi connectivity index (χ4n) is 11.9. The van der Waals surface area contributed by atoms with E-state index in [4.69, 9.17) is 0 Å². The third kappa shape index (κ3) is 5.50. The van der Waals surface area contributed by atoms with E-state index in [9.17, 15) is 0 Å². The fraction of sp³-hybridized carbons (Fsp3) is 0.143. The van der Waals surface area contributed by atoms with Crippen LogP contribution in [0.3, 0.4) is 0 Å². The van der Waals surface area contributed by atoms with Crippen LogP contribution in [0.15, 0.2) is 200 Å². The van der Waals surface area contributed by atoms with Crippen molar-refractivity contribution in [2.45, 2.75) is 57.8 Å². The van der Waals surface area contributed by atoms with E-state index in [1.165, 1.54) is 100 Å². The van der Waals surface area contributed by atoms with Gasteiger partial charge in [0.1, 0.15) is 0 Å². The molecule has 1 nitrogen and oxygen atoms in total. The maximum absolute atomic E-state index is 2.43. The zero-order valence-electron chi connectivity index (χ0n) is 37.5. The molecule has 0 N–H and O–H groups in total. The SMILES string of the molecule is CC1(C)c2ccccc2-c2ccc(N(c3ccc(-c4ccccc4)cc3)c3ccc(-c4ccc(-c5cccc6c5-c5ccccc5C6(C)C)c5c4C(C)(C)c4ccccc4-5)cc3)cc21. The monoisotopic (exact) mass is 821 g/mol.